The topological polar surface area (TPSA) is 115 Å². The molecule has 5 aromatic rings. The smallest absolute Gasteiger partial charge is 0.329 e. The van der Waals surface area contributed by atoms with Crippen LogP contribution in [0.2, 0.25) is 0 Å². The summed E-state index contributed by atoms with van der Waals surface area (Å²) < 4.78 is 8.40. The summed E-state index contributed by atoms with van der Waals surface area (Å²) in [5, 5.41) is 2.75. The molecule has 0 aliphatic rings. The normalized spacial score (nSPS) is 12.0. The van der Waals surface area contributed by atoms with Crippen molar-refractivity contribution in [3.05, 3.63) is 105 Å². The Morgan fingerprint density at radius 3 is 2.47 bits per heavy atom. The molecule has 0 radical (unpaired) electrons. The van der Waals surface area contributed by atoms with E-state index in [0.717, 1.165) is 15.6 Å². The number of fused-ring (bicyclic) bond motifs is 2. The predicted molar refractivity (Wildman–Crippen MR) is 145 cm³/mol. The molecule has 5 rings (SSSR count). The van der Waals surface area contributed by atoms with E-state index < -0.39 is 23.2 Å². The van der Waals surface area contributed by atoms with E-state index in [9.17, 15) is 19.2 Å². The van der Waals surface area contributed by atoms with Crippen LogP contribution in [0.3, 0.4) is 0 Å². The Bertz CT molecular complexity index is 1810. The molecule has 3 heterocycles. The van der Waals surface area contributed by atoms with Gasteiger partial charge in [-0.1, -0.05) is 36.4 Å². The number of nitrogens with one attached hydrogen (secondary N) is 2. The van der Waals surface area contributed by atoms with Gasteiger partial charge in [0.1, 0.15) is 11.7 Å². The second-order valence-electron chi connectivity index (χ2n) is 8.84. The molecule has 0 fully saturated rings. The van der Waals surface area contributed by atoms with E-state index in [-0.39, 0.29) is 22.2 Å². The average Bonchev–Trinajstić information content (AvgIpc) is 3.27. The highest BCUT2D eigenvalue weighted by molar-refractivity contribution is 6.15. The molecule has 2 aromatic carbocycles. The van der Waals surface area contributed by atoms with Crippen molar-refractivity contribution in [1.29, 1.82) is 0 Å². The van der Waals surface area contributed by atoms with Gasteiger partial charge in [0, 0.05) is 18.3 Å². The lowest BCUT2D eigenvalue weighted by Gasteiger charge is -2.14. The van der Waals surface area contributed by atoms with E-state index in [1.54, 1.807) is 30.7 Å². The largest absolute Gasteiger partial charge is 0.494 e. The highest BCUT2D eigenvalue weighted by Gasteiger charge is 2.27. The first-order chi connectivity index (χ1) is 18.4. The Balaban J connectivity index is 1.73. The minimum atomic E-state index is -1.03. The van der Waals surface area contributed by atoms with Gasteiger partial charge < -0.3 is 19.4 Å². The molecule has 2 N–H and O–H groups in total. The Kier molecular flexibility index (Phi) is 6.42. The SMILES string of the molecule is CCNC(=O)C(C)n1c(=O)[nH]c2ccc(C(=O)c3c(-c4ccccc4)c(OC)c4ccccn34)cc2c1=O. The number of H-pyrrole nitrogens is 1. The van der Waals surface area contributed by atoms with Crippen LogP contribution < -0.4 is 21.3 Å². The van der Waals surface area contributed by atoms with Gasteiger partial charge >= 0.3 is 5.69 Å². The van der Waals surface area contributed by atoms with Gasteiger partial charge in [-0.2, -0.15) is 0 Å². The van der Waals surface area contributed by atoms with Gasteiger partial charge in [-0.05, 0) is 49.7 Å². The summed E-state index contributed by atoms with van der Waals surface area (Å²) in [6.07, 6.45) is 1.79. The number of likely N-dealkylation sites (N-methyl/N-ethyl adjacent to an activating group) is 1. The molecule has 9 heteroatoms. The summed E-state index contributed by atoms with van der Waals surface area (Å²) in [4.78, 5) is 55.2. The van der Waals surface area contributed by atoms with Crippen LogP contribution in [-0.2, 0) is 4.79 Å². The molecule has 1 unspecified atom stereocenters. The number of ether oxygens (including phenoxy) is 1. The van der Waals surface area contributed by atoms with E-state index >= 15 is 0 Å². The van der Waals surface area contributed by atoms with Crippen LogP contribution in [0.1, 0.15) is 35.9 Å². The zero-order chi connectivity index (χ0) is 27.0. The van der Waals surface area contributed by atoms with Crippen LogP contribution in [0.25, 0.3) is 27.5 Å². The number of hydrogen-bond acceptors (Lipinski definition) is 5. The van der Waals surface area contributed by atoms with Gasteiger partial charge in [0.2, 0.25) is 11.7 Å². The van der Waals surface area contributed by atoms with Crippen LogP contribution in [0.5, 0.6) is 5.75 Å². The summed E-state index contributed by atoms with van der Waals surface area (Å²) in [6.45, 7) is 3.59. The molecule has 0 saturated heterocycles. The lowest BCUT2D eigenvalue weighted by molar-refractivity contribution is -0.123. The maximum atomic E-state index is 14.1. The first-order valence-corrected chi connectivity index (χ1v) is 12.2. The number of ketones is 1. The van der Waals surface area contributed by atoms with Gasteiger partial charge in [-0.15, -0.1) is 0 Å². The molecule has 0 aliphatic carbocycles. The molecule has 0 bridgehead atoms. The molecule has 0 saturated carbocycles. The minimum absolute atomic E-state index is 0.126. The molecule has 1 atom stereocenters. The van der Waals surface area contributed by atoms with Crippen LogP contribution in [0.4, 0.5) is 0 Å². The van der Waals surface area contributed by atoms with Crippen molar-refractivity contribution in [3.63, 3.8) is 0 Å². The van der Waals surface area contributed by atoms with Crippen LogP contribution in [0, 0.1) is 0 Å². The van der Waals surface area contributed by atoms with Crippen molar-refractivity contribution in [3.8, 4) is 16.9 Å². The van der Waals surface area contributed by atoms with E-state index in [1.807, 2.05) is 48.5 Å². The molecular weight excluding hydrogens is 484 g/mol. The maximum absolute atomic E-state index is 14.1. The summed E-state index contributed by atoms with van der Waals surface area (Å²) in [5.74, 6) is -0.224. The third kappa shape index (κ3) is 3.98. The Morgan fingerprint density at radius 2 is 1.76 bits per heavy atom. The first-order valence-electron chi connectivity index (χ1n) is 12.2. The number of aromatic amines is 1. The Morgan fingerprint density at radius 1 is 1.03 bits per heavy atom. The highest BCUT2D eigenvalue weighted by atomic mass is 16.5. The summed E-state index contributed by atoms with van der Waals surface area (Å²) in [5.41, 5.74) is 1.71. The van der Waals surface area contributed by atoms with Gasteiger partial charge in [0.05, 0.1) is 29.1 Å². The monoisotopic (exact) mass is 510 g/mol. The summed E-state index contributed by atoms with van der Waals surface area (Å²) >= 11 is 0. The zero-order valence-electron chi connectivity index (χ0n) is 21.1. The number of methoxy groups -OCH3 is 1. The second-order valence-corrected chi connectivity index (χ2v) is 8.84. The lowest BCUT2D eigenvalue weighted by atomic mass is 9.98. The number of carbonyl (C=O) groups excluding carboxylic acids is 2. The van der Waals surface area contributed by atoms with Crippen molar-refractivity contribution in [2.24, 2.45) is 0 Å². The lowest BCUT2D eigenvalue weighted by Crippen LogP contribution is -2.43. The molecule has 0 spiro atoms. The standard InChI is InChI=1S/C29H26N4O5/c1-4-30-27(35)17(2)33-28(36)20-16-19(13-14-21(20)31-29(33)37)25(34)24-23(18-10-6-5-7-11-18)26(38-3)22-12-8-9-15-32(22)24/h5-17H,4H2,1-3H3,(H,30,35)(H,31,37). The average molecular weight is 511 g/mol. The van der Waals surface area contributed by atoms with Crippen molar-refractivity contribution < 1.29 is 14.3 Å². The molecule has 192 valence electrons. The number of benzene rings is 2. The van der Waals surface area contributed by atoms with Crippen LogP contribution >= 0.6 is 0 Å². The fourth-order valence-electron chi connectivity index (χ4n) is 4.78. The van der Waals surface area contributed by atoms with Gasteiger partial charge in [-0.3, -0.25) is 14.4 Å². The predicted octanol–water partition coefficient (Wildman–Crippen LogP) is 3.55. The van der Waals surface area contributed by atoms with Crippen molar-refractivity contribution in [1.82, 2.24) is 19.3 Å². The zero-order valence-corrected chi connectivity index (χ0v) is 21.1. The maximum Gasteiger partial charge on any atom is 0.329 e. The van der Waals surface area contributed by atoms with Crippen molar-refractivity contribution in [2.45, 2.75) is 19.9 Å². The number of hydrogen-bond donors (Lipinski definition) is 2. The summed E-state index contributed by atoms with van der Waals surface area (Å²) in [7, 11) is 1.56. The van der Waals surface area contributed by atoms with E-state index in [1.165, 1.54) is 19.1 Å². The fourth-order valence-corrected chi connectivity index (χ4v) is 4.78. The van der Waals surface area contributed by atoms with Crippen LogP contribution in [-0.4, -0.2) is 39.3 Å². The molecule has 3 aromatic heterocycles. The Labute approximate surface area is 217 Å². The number of nitrogens with zero attached hydrogens (tertiary/aromatic N) is 2. The van der Waals surface area contributed by atoms with Crippen molar-refractivity contribution >= 4 is 28.1 Å². The van der Waals surface area contributed by atoms with E-state index in [4.69, 9.17) is 4.74 Å². The molecule has 1 amide bonds. The van der Waals surface area contributed by atoms with Crippen LogP contribution in [0.15, 0.2) is 82.5 Å². The quantitative estimate of drug-likeness (QED) is 0.325. The van der Waals surface area contributed by atoms with Gasteiger partial charge in [0.15, 0.2) is 5.75 Å². The number of carbonyl (C=O) groups is 2. The second kappa shape index (κ2) is 9.85. The summed E-state index contributed by atoms with van der Waals surface area (Å²) in [6, 6.07) is 18.6. The number of amides is 1. The van der Waals surface area contributed by atoms with Crippen molar-refractivity contribution in [2.75, 3.05) is 13.7 Å². The third-order valence-corrected chi connectivity index (χ3v) is 6.59. The van der Waals surface area contributed by atoms with Gasteiger partial charge in [-0.25, -0.2) is 9.36 Å². The third-order valence-electron chi connectivity index (χ3n) is 6.59. The molecule has 38 heavy (non-hydrogen) atoms. The van der Waals surface area contributed by atoms with Gasteiger partial charge in [0.25, 0.3) is 5.56 Å². The Hall–Kier alpha value is -4.92. The molecular formula is C29H26N4O5. The van der Waals surface area contributed by atoms with E-state index in [2.05, 4.69) is 10.3 Å². The number of pyridine rings is 1. The molecule has 9 nitrogen and oxygen atoms in total. The first kappa shape index (κ1) is 24.8. The minimum Gasteiger partial charge on any atom is -0.494 e. The van der Waals surface area contributed by atoms with E-state index in [0.29, 0.717) is 23.6 Å². The molecule has 0 aliphatic heterocycles. The highest BCUT2D eigenvalue weighted by Crippen LogP contribution is 2.40. The number of aromatic nitrogens is 3. The number of rotatable bonds is 7. The fraction of sp³-hybridized carbons (Fsp3) is 0.172.